The Balaban J connectivity index is 2.28. The van der Waals surface area contributed by atoms with E-state index in [0.717, 1.165) is 9.26 Å². The number of amides is 1. The normalized spacial score (nSPS) is 20.6. The largest absolute Gasteiger partial charge is 0.311 e. The van der Waals surface area contributed by atoms with E-state index in [1.54, 1.807) is 11.0 Å². The van der Waals surface area contributed by atoms with Crippen molar-refractivity contribution in [3.63, 3.8) is 0 Å². The first-order chi connectivity index (χ1) is 7.61. The number of benzene rings is 1. The molecule has 1 aliphatic heterocycles. The van der Waals surface area contributed by atoms with Crippen LogP contribution in [0.1, 0.15) is 6.42 Å². The number of halogens is 2. The van der Waals surface area contributed by atoms with Gasteiger partial charge in [-0.15, -0.1) is 0 Å². The van der Waals surface area contributed by atoms with Crippen molar-refractivity contribution >= 4 is 46.8 Å². The summed E-state index contributed by atoms with van der Waals surface area (Å²) in [4.78, 5) is 13.5. The van der Waals surface area contributed by atoms with Crippen LogP contribution in [0.3, 0.4) is 0 Å². The van der Waals surface area contributed by atoms with E-state index in [-0.39, 0.29) is 11.7 Å². The predicted molar refractivity (Wildman–Crippen MR) is 73.4 cm³/mol. The second kappa shape index (κ2) is 4.91. The standard InChI is InChI=1S/C11H11FINOS/c12-8-1-2-10(9(13)4-8)14-5-7(6-16)3-11(14)15/h1-2,4,7,16H,3,5-6H2. The van der Waals surface area contributed by atoms with E-state index in [4.69, 9.17) is 0 Å². The Kier molecular flexibility index (Phi) is 3.73. The molecule has 2 nitrogen and oxygen atoms in total. The maximum absolute atomic E-state index is 13.0. The number of nitrogens with zero attached hydrogens (tertiary/aromatic N) is 1. The third-order valence-corrected chi connectivity index (χ3v) is 4.04. The van der Waals surface area contributed by atoms with Crippen molar-refractivity contribution in [1.82, 2.24) is 0 Å². The van der Waals surface area contributed by atoms with E-state index < -0.39 is 0 Å². The lowest BCUT2D eigenvalue weighted by Gasteiger charge is -2.18. The molecule has 1 aromatic rings. The van der Waals surface area contributed by atoms with Gasteiger partial charge >= 0.3 is 0 Å². The van der Waals surface area contributed by atoms with Crippen LogP contribution in [0.5, 0.6) is 0 Å². The zero-order chi connectivity index (χ0) is 11.7. The van der Waals surface area contributed by atoms with E-state index in [2.05, 4.69) is 35.2 Å². The molecule has 2 rings (SSSR count). The molecule has 1 fully saturated rings. The van der Waals surface area contributed by atoms with Crippen molar-refractivity contribution < 1.29 is 9.18 Å². The molecule has 1 unspecified atom stereocenters. The summed E-state index contributed by atoms with van der Waals surface area (Å²) in [5.74, 6) is 0.839. The second-order valence-electron chi connectivity index (χ2n) is 3.85. The summed E-state index contributed by atoms with van der Waals surface area (Å²) in [6.45, 7) is 0.684. The van der Waals surface area contributed by atoms with Gasteiger partial charge in [0.1, 0.15) is 5.82 Å². The lowest BCUT2D eigenvalue weighted by atomic mass is 10.1. The molecule has 1 amide bonds. The maximum Gasteiger partial charge on any atom is 0.227 e. The van der Waals surface area contributed by atoms with Crippen LogP contribution in [0.2, 0.25) is 0 Å². The van der Waals surface area contributed by atoms with Gasteiger partial charge in [-0.1, -0.05) is 0 Å². The van der Waals surface area contributed by atoms with E-state index in [1.807, 2.05) is 0 Å². The highest BCUT2D eigenvalue weighted by Gasteiger charge is 2.30. The molecule has 1 saturated heterocycles. The second-order valence-corrected chi connectivity index (χ2v) is 5.38. The van der Waals surface area contributed by atoms with Gasteiger partial charge < -0.3 is 4.90 Å². The monoisotopic (exact) mass is 351 g/mol. The van der Waals surface area contributed by atoms with Crippen molar-refractivity contribution in [1.29, 1.82) is 0 Å². The van der Waals surface area contributed by atoms with Gasteiger partial charge in [-0.3, -0.25) is 4.79 Å². The quantitative estimate of drug-likeness (QED) is 0.642. The molecule has 0 spiro atoms. The van der Waals surface area contributed by atoms with Crippen molar-refractivity contribution in [2.75, 3.05) is 17.2 Å². The summed E-state index contributed by atoms with van der Waals surface area (Å²) in [7, 11) is 0. The minimum absolute atomic E-state index is 0.101. The molecular weight excluding hydrogens is 340 g/mol. The number of hydrogen-bond donors (Lipinski definition) is 1. The fourth-order valence-corrected chi connectivity index (χ4v) is 2.85. The summed E-state index contributed by atoms with van der Waals surface area (Å²) in [6, 6.07) is 4.49. The van der Waals surface area contributed by atoms with E-state index in [1.165, 1.54) is 12.1 Å². The van der Waals surface area contributed by atoms with Crippen LogP contribution in [-0.4, -0.2) is 18.2 Å². The van der Waals surface area contributed by atoms with Gasteiger partial charge in [-0.05, 0) is 52.5 Å². The molecule has 1 atom stereocenters. The van der Waals surface area contributed by atoms with E-state index in [0.29, 0.717) is 24.6 Å². The van der Waals surface area contributed by atoms with E-state index in [9.17, 15) is 9.18 Å². The fraction of sp³-hybridized carbons (Fsp3) is 0.364. The van der Waals surface area contributed by atoms with Gasteiger partial charge in [0.05, 0.1) is 5.69 Å². The molecule has 0 aromatic heterocycles. The number of carbonyl (C=O) groups excluding carboxylic acids is 1. The zero-order valence-electron chi connectivity index (χ0n) is 8.49. The predicted octanol–water partition coefficient (Wildman–Crippen LogP) is 2.71. The molecule has 0 saturated carbocycles. The Hall–Kier alpha value is -0.300. The van der Waals surface area contributed by atoms with Crippen LogP contribution >= 0.6 is 35.2 Å². The Morgan fingerprint density at radius 1 is 1.56 bits per heavy atom. The molecule has 1 heterocycles. The fourth-order valence-electron chi connectivity index (χ4n) is 1.84. The molecule has 0 aliphatic carbocycles. The van der Waals surface area contributed by atoms with Gasteiger partial charge in [0, 0.05) is 16.5 Å². The number of rotatable bonds is 2. The number of anilines is 1. The summed E-state index contributed by atoms with van der Waals surface area (Å²) >= 11 is 6.26. The van der Waals surface area contributed by atoms with Crippen LogP contribution in [0, 0.1) is 15.3 Å². The average molecular weight is 351 g/mol. The Bertz CT molecular complexity index is 426. The zero-order valence-corrected chi connectivity index (χ0v) is 11.5. The summed E-state index contributed by atoms with van der Waals surface area (Å²) < 4.78 is 13.7. The Morgan fingerprint density at radius 3 is 2.88 bits per heavy atom. The molecule has 86 valence electrons. The third-order valence-electron chi connectivity index (χ3n) is 2.66. The topological polar surface area (TPSA) is 20.3 Å². The highest BCUT2D eigenvalue weighted by atomic mass is 127. The molecule has 5 heteroatoms. The molecule has 16 heavy (non-hydrogen) atoms. The molecule has 0 radical (unpaired) electrons. The first kappa shape index (κ1) is 12.2. The number of carbonyl (C=O) groups is 1. The average Bonchev–Trinajstić information content (AvgIpc) is 2.60. The molecule has 0 N–H and O–H groups in total. The lowest BCUT2D eigenvalue weighted by molar-refractivity contribution is -0.117. The summed E-state index contributed by atoms with van der Waals surface area (Å²) in [5, 5.41) is 0. The first-order valence-corrected chi connectivity index (χ1v) is 6.69. The van der Waals surface area contributed by atoms with Crippen LogP contribution in [0.4, 0.5) is 10.1 Å². The number of thiol groups is 1. The first-order valence-electron chi connectivity index (χ1n) is 4.98. The van der Waals surface area contributed by atoms with Crippen molar-refractivity contribution in [3.05, 3.63) is 27.6 Å². The van der Waals surface area contributed by atoms with Crippen LogP contribution < -0.4 is 4.90 Å². The van der Waals surface area contributed by atoms with Crippen molar-refractivity contribution in [2.24, 2.45) is 5.92 Å². The van der Waals surface area contributed by atoms with Gasteiger partial charge in [0.15, 0.2) is 0 Å². The molecular formula is C11H11FINOS. The van der Waals surface area contributed by atoms with Gasteiger partial charge in [-0.25, -0.2) is 4.39 Å². The van der Waals surface area contributed by atoms with E-state index >= 15 is 0 Å². The summed E-state index contributed by atoms with van der Waals surface area (Å²) in [6.07, 6.45) is 0.539. The summed E-state index contributed by atoms with van der Waals surface area (Å²) in [5.41, 5.74) is 0.802. The molecule has 1 aliphatic rings. The Morgan fingerprint density at radius 2 is 2.31 bits per heavy atom. The Labute approximate surface area is 113 Å². The van der Waals surface area contributed by atoms with Crippen LogP contribution in [0.25, 0.3) is 0 Å². The van der Waals surface area contributed by atoms with Gasteiger partial charge in [0.25, 0.3) is 0 Å². The smallest absolute Gasteiger partial charge is 0.227 e. The maximum atomic E-state index is 13.0. The minimum Gasteiger partial charge on any atom is -0.311 e. The number of hydrogen-bond acceptors (Lipinski definition) is 2. The third kappa shape index (κ3) is 2.34. The minimum atomic E-state index is -0.273. The lowest BCUT2D eigenvalue weighted by Crippen LogP contribution is -2.25. The van der Waals surface area contributed by atoms with Crippen molar-refractivity contribution in [2.45, 2.75) is 6.42 Å². The molecule has 0 bridgehead atoms. The molecule has 1 aromatic carbocycles. The van der Waals surface area contributed by atoms with Gasteiger partial charge in [0.2, 0.25) is 5.91 Å². The van der Waals surface area contributed by atoms with Crippen LogP contribution in [0.15, 0.2) is 18.2 Å². The SMILES string of the molecule is O=C1CC(CS)CN1c1ccc(F)cc1I. The highest BCUT2D eigenvalue weighted by molar-refractivity contribution is 14.1. The van der Waals surface area contributed by atoms with Crippen LogP contribution in [-0.2, 0) is 4.79 Å². The van der Waals surface area contributed by atoms with Crippen molar-refractivity contribution in [3.8, 4) is 0 Å². The highest BCUT2D eigenvalue weighted by Crippen LogP contribution is 2.29. The van der Waals surface area contributed by atoms with Gasteiger partial charge in [-0.2, -0.15) is 12.6 Å².